The van der Waals surface area contributed by atoms with E-state index < -0.39 is 0 Å². The van der Waals surface area contributed by atoms with E-state index in [1.54, 1.807) is 0 Å². The van der Waals surface area contributed by atoms with E-state index in [2.05, 4.69) is 25.6 Å². The minimum Gasteiger partial charge on any atom is -0.493 e. The Labute approximate surface area is 98.1 Å². The Balaban J connectivity index is 2.59. The maximum Gasteiger partial charge on any atom is 0.122 e. The number of nitrogens with two attached hydrogens (primary N) is 1. The molecule has 0 fully saturated rings. The average molecular weight is 219 g/mol. The summed E-state index contributed by atoms with van der Waals surface area (Å²) in [7, 11) is 0. The van der Waals surface area contributed by atoms with Crippen LogP contribution in [0.4, 0.5) is 0 Å². The topological polar surface area (TPSA) is 35.2 Å². The fraction of sp³-hybridized carbons (Fsp3) is 0.429. The van der Waals surface area contributed by atoms with Crippen LogP contribution in [-0.2, 0) is 6.42 Å². The number of ether oxygens (including phenoxy) is 1. The molecular formula is C14H21NO. The summed E-state index contributed by atoms with van der Waals surface area (Å²) in [5.74, 6) is 0.972. The van der Waals surface area contributed by atoms with Crippen molar-refractivity contribution in [2.45, 2.75) is 26.2 Å². The fourth-order valence-electron chi connectivity index (χ4n) is 1.61. The minimum atomic E-state index is 0.659. The molecule has 0 saturated heterocycles. The van der Waals surface area contributed by atoms with E-state index in [0.717, 1.165) is 31.6 Å². The van der Waals surface area contributed by atoms with E-state index >= 15 is 0 Å². The summed E-state index contributed by atoms with van der Waals surface area (Å²) in [6.07, 6.45) is 4.80. The first-order valence-corrected chi connectivity index (χ1v) is 5.81. The third-order valence-corrected chi connectivity index (χ3v) is 2.44. The predicted molar refractivity (Wildman–Crippen MR) is 68.9 cm³/mol. The number of rotatable bonds is 7. The SMILES string of the molecule is C=CCCCOc1ccc(C)cc1CCN. The van der Waals surface area contributed by atoms with E-state index in [-0.39, 0.29) is 0 Å². The van der Waals surface area contributed by atoms with Crippen molar-refractivity contribution < 1.29 is 4.74 Å². The van der Waals surface area contributed by atoms with E-state index in [0.29, 0.717) is 6.54 Å². The Kier molecular flexibility index (Phi) is 5.65. The van der Waals surface area contributed by atoms with Crippen LogP contribution in [0.15, 0.2) is 30.9 Å². The van der Waals surface area contributed by atoms with Crippen molar-refractivity contribution in [1.82, 2.24) is 0 Å². The summed E-state index contributed by atoms with van der Waals surface area (Å²) in [6.45, 7) is 7.18. The lowest BCUT2D eigenvalue weighted by Crippen LogP contribution is -2.06. The van der Waals surface area contributed by atoms with Crippen LogP contribution in [0.2, 0.25) is 0 Å². The first kappa shape index (κ1) is 12.8. The Morgan fingerprint density at radius 1 is 1.44 bits per heavy atom. The number of allylic oxidation sites excluding steroid dienone is 1. The van der Waals surface area contributed by atoms with Gasteiger partial charge in [-0.25, -0.2) is 0 Å². The van der Waals surface area contributed by atoms with Gasteiger partial charge >= 0.3 is 0 Å². The van der Waals surface area contributed by atoms with E-state index in [9.17, 15) is 0 Å². The summed E-state index contributed by atoms with van der Waals surface area (Å²) < 4.78 is 5.74. The number of benzene rings is 1. The first-order valence-electron chi connectivity index (χ1n) is 5.81. The molecule has 2 heteroatoms. The fourth-order valence-corrected chi connectivity index (χ4v) is 1.61. The number of aryl methyl sites for hydroxylation is 1. The Hall–Kier alpha value is -1.28. The Bertz CT molecular complexity index is 334. The van der Waals surface area contributed by atoms with E-state index in [1.807, 2.05) is 12.1 Å². The van der Waals surface area contributed by atoms with Gasteiger partial charge in [0, 0.05) is 0 Å². The second kappa shape index (κ2) is 7.07. The molecule has 0 aliphatic rings. The highest BCUT2D eigenvalue weighted by molar-refractivity contribution is 5.37. The van der Waals surface area contributed by atoms with Gasteiger partial charge in [-0.15, -0.1) is 6.58 Å². The quantitative estimate of drug-likeness (QED) is 0.565. The van der Waals surface area contributed by atoms with Gasteiger partial charge in [-0.2, -0.15) is 0 Å². The summed E-state index contributed by atoms with van der Waals surface area (Å²) in [5.41, 5.74) is 8.05. The maximum absolute atomic E-state index is 5.74. The van der Waals surface area contributed by atoms with Crippen molar-refractivity contribution >= 4 is 0 Å². The van der Waals surface area contributed by atoms with Gasteiger partial charge in [0.2, 0.25) is 0 Å². The van der Waals surface area contributed by atoms with Crippen LogP contribution in [0, 0.1) is 6.92 Å². The molecule has 0 heterocycles. The van der Waals surface area contributed by atoms with Crippen LogP contribution < -0.4 is 10.5 Å². The van der Waals surface area contributed by atoms with Crippen molar-refractivity contribution in [3.8, 4) is 5.75 Å². The zero-order valence-corrected chi connectivity index (χ0v) is 10.0. The monoisotopic (exact) mass is 219 g/mol. The lowest BCUT2D eigenvalue weighted by atomic mass is 10.1. The summed E-state index contributed by atoms with van der Waals surface area (Å²) >= 11 is 0. The molecule has 0 aromatic heterocycles. The molecule has 0 aliphatic heterocycles. The molecule has 2 N–H and O–H groups in total. The summed E-state index contributed by atoms with van der Waals surface area (Å²) in [4.78, 5) is 0. The number of unbranched alkanes of at least 4 members (excludes halogenated alkanes) is 1. The third kappa shape index (κ3) is 4.07. The molecule has 1 aromatic rings. The zero-order valence-electron chi connectivity index (χ0n) is 10.0. The van der Waals surface area contributed by atoms with Gasteiger partial charge in [0.15, 0.2) is 0 Å². The number of hydrogen-bond donors (Lipinski definition) is 1. The molecule has 0 atom stereocenters. The average Bonchev–Trinajstić information content (AvgIpc) is 2.27. The van der Waals surface area contributed by atoms with Gasteiger partial charge < -0.3 is 10.5 Å². The lowest BCUT2D eigenvalue weighted by molar-refractivity contribution is 0.309. The smallest absolute Gasteiger partial charge is 0.122 e. The lowest BCUT2D eigenvalue weighted by Gasteiger charge is -2.11. The molecule has 0 radical (unpaired) electrons. The normalized spacial score (nSPS) is 10.1. The van der Waals surface area contributed by atoms with Crippen molar-refractivity contribution in [3.05, 3.63) is 42.0 Å². The third-order valence-electron chi connectivity index (χ3n) is 2.44. The van der Waals surface area contributed by atoms with Crippen molar-refractivity contribution in [2.75, 3.05) is 13.2 Å². The molecule has 0 bridgehead atoms. The molecule has 16 heavy (non-hydrogen) atoms. The molecule has 2 nitrogen and oxygen atoms in total. The standard InChI is InChI=1S/C14H21NO/c1-3-4-5-10-16-14-7-6-12(2)11-13(14)8-9-15/h3,6-7,11H,1,4-5,8-10,15H2,2H3. The van der Waals surface area contributed by atoms with Crippen LogP contribution >= 0.6 is 0 Å². The second-order valence-electron chi connectivity index (χ2n) is 3.93. The molecule has 0 saturated carbocycles. The van der Waals surface area contributed by atoms with Crippen LogP contribution in [0.25, 0.3) is 0 Å². The van der Waals surface area contributed by atoms with Gasteiger partial charge in [-0.05, 0) is 44.4 Å². The highest BCUT2D eigenvalue weighted by Gasteiger charge is 2.02. The van der Waals surface area contributed by atoms with Gasteiger partial charge in [0.1, 0.15) is 5.75 Å². The van der Waals surface area contributed by atoms with Gasteiger partial charge in [0.25, 0.3) is 0 Å². The Morgan fingerprint density at radius 2 is 2.25 bits per heavy atom. The summed E-state index contributed by atoms with van der Waals surface area (Å²) in [5, 5.41) is 0. The summed E-state index contributed by atoms with van der Waals surface area (Å²) in [6, 6.07) is 6.26. The van der Waals surface area contributed by atoms with E-state index in [4.69, 9.17) is 10.5 Å². The minimum absolute atomic E-state index is 0.659. The van der Waals surface area contributed by atoms with Crippen LogP contribution in [0.5, 0.6) is 5.75 Å². The molecule has 88 valence electrons. The highest BCUT2D eigenvalue weighted by atomic mass is 16.5. The largest absolute Gasteiger partial charge is 0.493 e. The van der Waals surface area contributed by atoms with Gasteiger partial charge in [-0.3, -0.25) is 0 Å². The van der Waals surface area contributed by atoms with Crippen LogP contribution in [0.3, 0.4) is 0 Å². The molecule has 0 unspecified atom stereocenters. The van der Waals surface area contributed by atoms with Crippen LogP contribution in [0.1, 0.15) is 24.0 Å². The Morgan fingerprint density at radius 3 is 2.94 bits per heavy atom. The van der Waals surface area contributed by atoms with Crippen molar-refractivity contribution in [1.29, 1.82) is 0 Å². The molecule has 0 aliphatic carbocycles. The second-order valence-corrected chi connectivity index (χ2v) is 3.93. The first-order chi connectivity index (χ1) is 7.77. The van der Waals surface area contributed by atoms with Gasteiger partial charge in [0.05, 0.1) is 6.61 Å². The molecular weight excluding hydrogens is 198 g/mol. The molecule has 0 amide bonds. The maximum atomic E-state index is 5.74. The highest BCUT2D eigenvalue weighted by Crippen LogP contribution is 2.20. The number of hydrogen-bond acceptors (Lipinski definition) is 2. The molecule has 1 rings (SSSR count). The van der Waals surface area contributed by atoms with Gasteiger partial charge in [-0.1, -0.05) is 23.8 Å². The molecule has 1 aromatic carbocycles. The van der Waals surface area contributed by atoms with Crippen molar-refractivity contribution in [2.24, 2.45) is 5.73 Å². The van der Waals surface area contributed by atoms with Crippen molar-refractivity contribution in [3.63, 3.8) is 0 Å². The van der Waals surface area contributed by atoms with E-state index in [1.165, 1.54) is 11.1 Å². The molecule has 0 spiro atoms. The zero-order chi connectivity index (χ0) is 11.8. The predicted octanol–water partition coefficient (Wildman–Crippen LogP) is 2.84. The van der Waals surface area contributed by atoms with Crippen LogP contribution in [-0.4, -0.2) is 13.2 Å².